The van der Waals surface area contributed by atoms with Crippen LogP contribution in [0.1, 0.15) is 17.0 Å². The van der Waals surface area contributed by atoms with Gasteiger partial charge in [-0.3, -0.25) is 0 Å². The summed E-state index contributed by atoms with van der Waals surface area (Å²) in [5, 5.41) is 4.44. The van der Waals surface area contributed by atoms with Crippen molar-refractivity contribution in [3.05, 3.63) is 22.0 Å². The number of halogens is 1. The molecule has 0 amide bonds. The molecule has 2 aromatic rings. The number of hydrogen-bond acceptors (Lipinski definition) is 6. The SMILES string of the molecule is COc1c(C)c(-c2noc(CN)n2)c(OC)c(C)c1Cl. The maximum absolute atomic E-state index is 6.29. The third-order valence-electron chi connectivity index (χ3n) is 3.09. The van der Waals surface area contributed by atoms with Crippen LogP contribution in [-0.2, 0) is 6.54 Å². The van der Waals surface area contributed by atoms with Gasteiger partial charge in [-0.1, -0.05) is 16.8 Å². The van der Waals surface area contributed by atoms with Crippen molar-refractivity contribution in [2.24, 2.45) is 5.73 Å². The lowest BCUT2D eigenvalue weighted by Gasteiger charge is -2.17. The Balaban J connectivity index is 2.76. The first-order chi connectivity index (χ1) is 9.54. The number of aromatic nitrogens is 2. The highest BCUT2D eigenvalue weighted by Gasteiger charge is 2.24. The minimum Gasteiger partial charge on any atom is -0.496 e. The van der Waals surface area contributed by atoms with Crippen molar-refractivity contribution in [2.45, 2.75) is 20.4 Å². The monoisotopic (exact) mass is 297 g/mol. The number of benzene rings is 1. The summed E-state index contributed by atoms with van der Waals surface area (Å²) < 4.78 is 15.8. The van der Waals surface area contributed by atoms with Gasteiger partial charge in [-0.05, 0) is 13.8 Å². The third kappa shape index (κ3) is 2.21. The first-order valence-electron chi connectivity index (χ1n) is 5.98. The summed E-state index contributed by atoms with van der Waals surface area (Å²) in [6.45, 7) is 3.88. The van der Waals surface area contributed by atoms with Gasteiger partial charge in [0.2, 0.25) is 11.7 Å². The summed E-state index contributed by atoms with van der Waals surface area (Å²) >= 11 is 6.29. The van der Waals surface area contributed by atoms with Crippen LogP contribution in [0.4, 0.5) is 0 Å². The van der Waals surface area contributed by atoms with Gasteiger partial charge in [-0.2, -0.15) is 4.98 Å². The summed E-state index contributed by atoms with van der Waals surface area (Å²) in [4.78, 5) is 4.23. The Morgan fingerprint density at radius 1 is 1.15 bits per heavy atom. The van der Waals surface area contributed by atoms with E-state index in [4.69, 9.17) is 31.3 Å². The van der Waals surface area contributed by atoms with Crippen LogP contribution in [0.2, 0.25) is 5.02 Å². The zero-order valence-corrected chi connectivity index (χ0v) is 12.5. The molecule has 1 heterocycles. The van der Waals surface area contributed by atoms with Gasteiger partial charge in [0.15, 0.2) is 0 Å². The molecule has 0 atom stereocenters. The number of nitrogens with two attached hydrogens (primary N) is 1. The van der Waals surface area contributed by atoms with Crippen LogP contribution in [0, 0.1) is 13.8 Å². The summed E-state index contributed by atoms with van der Waals surface area (Å²) in [5.41, 5.74) is 7.71. The van der Waals surface area contributed by atoms with Gasteiger partial charge in [-0.25, -0.2) is 0 Å². The number of nitrogens with zero attached hydrogens (tertiary/aromatic N) is 2. The molecule has 0 spiro atoms. The zero-order valence-electron chi connectivity index (χ0n) is 11.8. The van der Waals surface area contributed by atoms with Crippen molar-refractivity contribution >= 4 is 11.6 Å². The van der Waals surface area contributed by atoms with E-state index >= 15 is 0 Å². The summed E-state index contributed by atoms with van der Waals surface area (Å²) in [6, 6.07) is 0. The molecule has 0 unspecified atom stereocenters. The minimum absolute atomic E-state index is 0.179. The largest absolute Gasteiger partial charge is 0.496 e. The van der Waals surface area contributed by atoms with E-state index < -0.39 is 0 Å². The van der Waals surface area contributed by atoms with Gasteiger partial charge >= 0.3 is 0 Å². The van der Waals surface area contributed by atoms with Crippen molar-refractivity contribution in [3.8, 4) is 22.9 Å². The standard InChI is InChI=1S/C13H16ClN3O3/c1-6-9(13-16-8(5-15)20-17-13)11(18-3)7(2)10(14)12(6)19-4/h5,15H2,1-4H3. The van der Waals surface area contributed by atoms with Gasteiger partial charge in [0.1, 0.15) is 11.5 Å². The molecule has 1 aromatic carbocycles. The molecular weight excluding hydrogens is 282 g/mol. The molecule has 108 valence electrons. The van der Waals surface area contributed by atoms with Crippen LogP contribution in [-0.4, -0.2) is 24.4 Å². The zero-order chi connectivity index (χ0) is 14.9. The molecule has 0 radical (unpaired) electrons. The molecule has 20 heavy (non-hydrogen) atoms. The smallest absolute Gasteiger partial charge is 0.240 e. The van der Waals surface area contributed by atoms with Gasteiger partial charge in [-0.15, -0.1) is 0 Å². The summed E-state index contributed by atoms with van der Waals surface area (Å²) in [5.74, 6) is 1.92. The van der Waals surface area contributed by atoms with Gasteiger partial charge in [0, 0.05) is 11.1 Å². The van der Waals surface area contributed by atoms with Crippen molar-refractivity contribution in [1.29, 1.82) is 0 Å². The first-order valence-corrected chi connectivity index (χ1v) is 6.36. The molecule has 0 aliphatic rings. The molecule has 7 heteroatoms. The molecular formula is C13H16ClN3O3. The van der Waals surface area contributed by atoms with Crippen LogP contribution in [0.25, 0.3) is 11.4 Å². The fraction of sp³-hybridized carbons (Fsp3) is 0.385. The number of ether oxygens (including phenoxy) is 2. The van der Waals surface area contributed by atoms with E-state index in [1.165, 1.54) is 0 Å². The van der Waals surface area contributed by atoms with Crippen LogP contribution in [0.5, 0.6) is 11.5 Å². The Morgan fingerprint density at radius 3 is 2.30 bits per heavy atom. The van der Waals surface area contributed by atoms with E-state index in [0.29, 0.717) is 33.8 Å². The lowest BCUT2D eigenvalue weighted by atomic mass is 10.0. The average molecular weight is 298 g/mol. The van der Waals surface area contributed by atoms with E-state index in [-0.39, 0.29) is 6.54 Å². The third-order valence-corrected chi connectivity index (χ3v) is 3.54. The maximum atomic E-state index is 6.29. The summed E-state index contributed by atoms with van der Waals surface area (Å²) in [7, 11) is 3.13. The normalized spacial score (nSPS) is 10.7. The van der Waals surface area contributed by atoms with Crippen LogP contribution in [0.15, 0.2) is 4.52 Å². The quantitative estimate of drug-likeness (QED) is 0.933. The highest BCUT2D eigenvalue weighted by atomic mass is 35.5. The molecule has 2 rings (SSSR count). The lowest BCUT2D eigenvalue weighted by molar-refractivity contribution is 0.379. The lowest BCUT2D eigenvalue weighted by Crippen LogP contribution is -2.01. The predicted octanol–water partition coefficient (Wildman–Crippen LogP) is 2.48. The molecule has 0 aliphatic heterocycles. The highest BCUT2D eigenvalue weighted by molar-refractivity contribution is 6.33. The molecule has 2 N–H and O–H groups in total. The fourth-order valence-corrected chi connectivity index (χ4v) is 2.42. The Kier molecular flexibility index (Phi) is 4.15. The highest BCUT2D eigenvalue weighted by Crippen LogP contribution is 2.45. The molecule has 0 saturated heterocycles. The van der Waals surface area contributed by atoms with Crippen molar-refractivity contribution < 1.29 is 14.0 Å². The van der Waals surface area contributed by atoms with Gasteiger partial charge in [0.25, 0.3) is 0 Å². The topological polar surface area (TPSA) is 83.4 Å². The van der Waals surface area contributed by atoms with Crippen LogP contribution < -0.4 is 15.2 Å². The molecule has 0 bridgehead atoms. The summed E-state index contributed by atoms with van der Waals surface area (Å²) in [6.07, 6.45) is 0. The van der Waals surface area contributed by atoms with Crippen molar-refractivity contribution in [3.63, 3.8) is 0 Å². The number of methoxy groups -OCH3 is 2. The van der Waals surface area contributed by atoms with E-state index in [0.717, 1.165) is 11.1 Å². The molecule has 0 aliphatic carbocycles. The Bertz CT molecular complexity index is 640. The van der Waals surface area contributed by atoms with Crippen molar-refractivity contribution in [2.75, 3.05) is 14.2 Å². The Hall–Kier alpha value is -1.79. The second-order valence-corrected chi connectivity index (χ2v) is 4.60. The van der Waals surface area contributed by atoms with E-state index in [1.54, 1.807) is 14.2 Å². The second-order valence-electron chi connectivity index (χ2n) is 4.22. The molecule has 1 aromatic heterocycles. The van der Waals surface area contributed by atoms with Crippen LogP contribution >= 0.6 is 11.6 Å². The van der Waals surface area contributed by atoms with Crippen LogP contribution in [0.3, 0.4) is 0 Å². The molecule has 0 saturated carbocycles. The number of hydrogen-bond donors (Lipinski definition) is 1. The first kappa shape index (κ1) is 14.6. The maximum Gasteiger partial charge on any atom is 0.240 e. The van der Waals surface area contributed by atoms with Gasteiger partial charge in [0.05, 0.1) is 31.4 Å². The van der Waals surface area contributed by atoms with E-state index in [2.05, 4.69) is 10.1 Å². The minimum atomic E-state index is 0.179. The molecule has 6 nitrogen and oxygen atoms in total. The van der Waals surface area contributed by atoms with E-state index in [9.17, 15) is 0 Å². The van der Waals surface area contributed by atoms with E-state index in [1.807, 2.05) is 13.8 Å². The number of rotatable bonds is 4. The predicted molar refractivity (Wildman–Crippen MR) is 75.2 cm³/mol. The Labute approximate surface area is 121 Å². The van der Waals surface area contributed by atoms with Gasteiger partial charge < -0.3 is 19.7 Å². The fourth-order valence-electron chi connectivity index (χ4n) is 2.11. The second kappa shape index (κ2) is 5.68. The molecule has 0 fully saturated rings. The average Bonchev–Trinajstić information content (AvgIpc) is 2.91. The van der Waals surface area contributed by atoms with Crippen molar-refractivity contribution in [1.82, 2.24) is 10.1 Å². The Morgan fingerprint density at radius 2 is 1.80 bits per heavy atom.